The van der Waals surface area contributed by atoms with Crippen molar-refractivity contribution in [2.75, 3.05) is 42.5 Å². The van der Waals surface area contributed by atoms with E-state index in [-0.39, 0.29) is 11.7 Å². The van der Waals surface area contributed by atoms with Gasteiger partial charge in [-0.05, 0) is 70.0 Å². The number of anilines is 2. The Labute approximate surface area is 211 Å². The number of nitrogens with one attached hydrogen (secondary N) is 1. The highest BCUT2D eigenvalue weighted by atomic mass is 16.1. The lowest BCUT2D eigenvalue weighted by atomic mass is 10.0. The molecule has 0 amide bonds. The molecule has 10 nitrogen and oxygen atoms in total. The van der Waals surface area contributed by atoms with Gasteiger partial charge in [-0.3, -0.25) is 9.36 Å². The molecule has 6 rings (SSSR count). The Hall–Kier alpha value is -3.27. The number of pyridine rings is 1. The number of hydrogen-bond donors (Lipinski definition) is 1. The van der Waals surface area contributed by atoms with Crippen LogP contribution in [0.4, 0.5) is 11.4 Å². The van der Waals surface area contributed by atoms with E-state index in [1.165, 1.54) is 32.1 Å². The van der Waals surface area contributed by atoms with E-state index in [9.17, 15) is 4.79 Å². The first-order valence-corrected chi connectivity index (χ1v) is 13.3. The maximum Gasteiger partial charge on any atom is 0.254 e. The van der Waals surface area contributed by atoms with E-state index in [0.717, 1.165) is 56.4 Å². The van der Waals surface area contributed by atoms with Gasteiger partial charge in [0.1, 0.15) is 17.6 Å². The fourth-order valence-corrected chi connectivity index (χ4v) is 5.35. The highest BCUT2D eigenvalue weighted by Gasteiger charge is 2.25. The fourth-order valence-electron chi connectivity index (χ4n) is 5.35. The van der Waals surface area contributed by atoms with Crippen molar-refractivity contribution in [2.45, 2.75) is 57.7 Å². The monoisotopic (exact) mass is 489 g/mol. The van der Waals surface area contributed by atoms with Gasteiger partial charge in [-0.15, -0.1) is 10.2 Å². The lowest BCUT2D eigenvalue weighted by molar-refractivity contribution is 0.403. The molecule has 2 aliphatic heterocycles. The zero-order chi connectivity index (χ0) is 24.5. The molecule has 1 aliphatic carbocycles. The first kappa shape index (κ1) is 23.1. The summed E-state index contributed by atoms with van der Waals surface area (Å²) in [6.07, 6.45) is 12.7. The Balaban J connectivity index is 1.15. The number of nitrogens with zero attached hydrogens (tertiary/aromatic N) is 8. The summed E-state index contributed by atoms with van der Waals surface area (Å²) in [6.45, 7) is 7.11. The van der Waals surface area contributed by atoms with Gasteiger partial charge in [0, 0.05) is 50.2 Å². The van der Waals surface area contributed by atoms with Crippen LogP contribution in [0.1, 0.15) is 51.6 Å². The predicted molar refractivity (Wildman–Crippen MR) is 139 cm³/mol. The molecule has 190 valence electrons. The molecular formula is C26H35N9O. The Morgan fingerprint density at radius 2 is 1.83 bits per heavy atom. The zero-order valence-electron chi connectivity index (χ0n) is 21.0. The van der Waals surface area contributed by atoms with Gasteiger partial charge in [0.15, 0.2) is 0 Å². The normalized spacial score (nSPS) is 21.2. The molecule has 36 heavy (non-hydrogen) atoms. The van der Waals surface area contributed by atoms with Crippen molar-refractivity contribution in [3.8, 4) is 11.4 Å². The SMILES string of the molecule is CC(n1cc(-c2cc(N3CCCC3)cnn2)nn1)n1ccc(N2CCC[C@@H](NCC3CC3)C2)cc1=O. The molecule has 5 heterocycles. The van der Waals surface area contributed by atoms with E-state index in [1.807, 2.05) is 31.5 Å². The zero-order valence-corrected chi connectivity index (χ0v) is 21.0. The van der Waals surface area contributed by atoms with Gasteiger partial charge in [0.25, 0.3) is 5.56 Å². The van der Waals surface area contributed by atoms with E-state index >= 15 is 0 Å². The summed E-state index contributed by atoms with van der Waals surface area (Å²) in [6, 6.07) is 6.32. The van der Waals surface area contributed by atoms with E-state index in [2.05, 4.69) is 35.6 Å². The minimum atomic E-state index is -0.308. The van der Waals surface area contributed by atoms with Gasteiger partial charge < -0.3 is 15.1 Å². The van der Waals surface area contributed by atoms with Gasteiger partial charge in [-0.2, -0.15) is 5.10 Å². The van der Waals surface area contributed by atoms with Crippen molar-refractivity contribution >= 4 is 11.4 Å². The van der Waals surface area contributed by atoms with Crippen molar-refractivity contribution < 1.29 is 0 Å². The summed E-state index contributed by atoms with van der Waals surface area (Å²) in [4.78, 5) is 17.8. The minimum absolute atomic E-state index is 0.0408. The first-order valence-electron chi connectivity index (χ1n) is 13.3. The molecule has 0 radical (unpaired) electrons. The van der Waals surface area contributed by atoms with Crippen LogP contribution in [-0.4, -0.2) is 68.5 Å². The molecule has 3 aromatic rings. The van der Waals surface area contributed by atoms with Gasteiger partial charge >= 0.3 is 0 Å². The van der Waals surface area contributed by atoms with Gasteiger partial charge in [0.2, 0.25) is 0 Å². The second-order valence-corrected chi connectivity index (χ2v) is 10.5. The van der Waals surface area contributed by atoms with Crippen molar-refractivity contribution in [3.63, 3.8) is 0 Å². The largest absolute Gasteiger partial charge is 0.370 e. The van der Waals surface area contributed by atoms with Crippen LogP contribution in [0.5, 0.6) is 0 Å². The van der Waals surface area contributed by atoms with Crippen LogP contribution in [0.25, 0.3) is 11.4 Å². The Morgan fingerprint density at radius 3 is 2.64 bits per heavy atom. The van der Waals surface area contributed by atoms with Crippen LogP contribution in [0, 0.1) is 5.92 Å². The minimum Gasteiger partial charge on any atom is -0.370 e. The fraction of sp³-hybridized carbons (Fsp3) is 0.577. The third-order valence-electron chi connectivity index (χ3n) is 7.78. The van der Waals surface area contributed by atoms with Crippen LogP contribution in [0.2, 0.25) is 0 Å². The standard InChI is InChI=1S/C26H35N9O/c1-19(35-18-25(30-31-35)24-13-23(16-28-29-24)32-9-2-3-10-32)34-12-8-22(14-26(34)36)33-11-4-5-21(17-33)27-15-20-6-7-20/h8,12-14,16,18-21,27H,2-7,9-11,15,17H2,1H3/t19?,21-/m1/s1. The first-order chi connectivity index (χ1) is 17.6. The number of piperidine rings is 1. The second-order valence-electron chi connectivity index (χ2n) is 10.5. The molecule has 1 saturated carbocycles. The highest BCUT2D eigenvalue weighted by molar-refractivity contribution is 5.59. The third-order valence-corrected chi connectivity index (χ3v) is 7.78. The predicted octanol–water partition coefficient (Wildman–Crippen LogP) is 2.53. The van der Waals surface area contributed by atoms with E-state index in [4.69, 9.17) is 0 Å². The summed E-state index contributed by atoms with van der Waals surface area (Å²) in [5, 5.41) is 20.8. The van der Waals surface area contributed by atoms with Crippen LogP contribution >= 0.6 is 0 Å². The quantitative estimate of drug-likeness (QED) is 0.516. The lowest BCUT2D eigenvalue weighted by Gasteiger charge is -2.35. The van der Waals surface area contributed by atoms with Crippen molar-refractivity contribution in [2.24, 2.45) is 5.92 Å². The molecule has 3 fully saturated rings. The molecular weight excluding hydrogens is 454 g/mol. The molecule has 3 aliphatic rings. The molecule has 3 aromatic heterocycles. The number of hydrogen-bond acceptors (Lipinski definition) is 8. The molecule has 0 spiro atoms. The van der Waals surface area contributed by atoms with Crippen molar-refractivity contribution in [3.05, 3.63) is 47.1 Å². The highest BCUT2D eigenvalue weighted by Crippen LogP contribution is 2.28. The molecule has 10 heteroatoms. The van der Waals surface area contributed by atoms with Crippen molar-refractivity contribution in [1.82, 2.24) is 35.1 Å². The smallest absolute Gasteiger partial charge is 0.254 e. The number of aromatic nitrogens is 6. The maximum atomic E-state index is 13.1. The summed E-state index contributed by atoms with van der Waals surface area (Å²) >= 11 is 0. The van der Waals surface area contributed by atoms with Crippen molar-refractivity contribution in [1.29, 1.82) is 0 Å². The topological polar surface area (TPSA) is 97.0 Å². The summed E-state index contributed by atoms with van der Waals surface area (Å²) < 4.78 is 3.40. The Morgan fingerprint density at radius 1 is 1.00 bits per heavy atom. The Bertz CT molecular complexity index is 1240. The molecule has 1 N–H and O–H groups in total. The summed E-state index contributed by atoms with van der Waals surface area (Å²) in [5.41, 5.74) is 3.36. The van der Waals surface area contributed by atoms with E-state index < -0.39 is 0 Å². The van der Waals surface area contributed by atoms with Gasteiger partial charge in [-0.25, -0.2) is 4.68 Å². The second kappa shape index (κ2) is 10.0. The van der Waals surface area contributed by atoms with Crippen LogP contribution in [0.3, 0.4) is 0 Å². The molecule has 2 saturated heterocycles. The van der Waals surface area contributed by atoms with Gasteiger partial charge in [0.05, 0.1) is 18.1 Å². The average Bonchev–Trinajstić information content (AvgIpc) is 3.35. The van der Waals surface area contributed by atoms with Gasteiger partial charge in [-0.1, -0.05) is 5.21 Å². The average molecular weight is 490 g/mol. The van der Waals surface area contributed by atoms with Crippen LogP contribution < -0.4 is 20.7 Å². The molecule has 1 unspecified atom stereocenters. The lowest BCUT2D eigenvalue weighted by Crippen LogP contribution is -2.46. The molecule has 0 aromatic carbocycles. The van der Waals surface area contributed by atoms with E-state index in [1.54, 1.807) is 21.5 Å². The number of rotatable bonds is 8. The van der Waals surface area contributed by atoms with E-state index in [0.29, 0.717) is 17.4 Å². The third kappa shape index (κ3) is 5.00. The summed E-state index contributed by atoms with van der Waals surface area (Å²) in [7, 11) is 0. The Kier molecular flexibility index (Phi) is 6.43. The molecule has 0 bridgehead atoms. The maximum absolute atomic E-state index is 13.1. The van der Waals surface area contributed by atoms with Crippen LogP contribution in [-0.2, 0) is 0 Å². The van der Waals surface area contributed by atoms with Crippen LogP contribution in [0.15, 0.2) is 41.6 Å². The molecule has 2 atom stereocenters. The summed E-state index contributed by atoms with van der Waals surface area (Å²) in [5.74, 6) is 0.879.